The minimum atomic E-state index is -1.83. The predicted molar refractivity (Wildman–Crippen MR) is 101 cm³/mol. The highest BCUT2D eigenvalue weighted by Gasteiger charge is 2.41. The SMILES string of the molecule is CC(C)(C)[Si](C)(C)O[C@@H]1[CH]O[C@@H](n2cc(Br)c3c(N)ncnc32)C1. The molecule has 3 rings (SSSR count). The maximum atomic E-state index is 6.43. The molecule has 2 aromatic heterocycles. The van der Waals surface area contributed by atoms with Gasteiger partial charge in [0, 0.05) is 17.1 Å². The van der Waals surface area contributed by atoms with Crippen molar-refractivity contribution < 1.29 is 9.16 Å². The summed E-state index contributed by atoms with van der Waals surface area (Å²) < 4.78 is 15.2. The molecule has 0 unspecified atom stereocenters. The normalized spacial score (nSPS) is 22.4. The van der Waals surface area contributed by atoms with E-state index in [1.54, 1.807) is 0 Å². The molecule has 131 valence electrons. The van der Waals surface area contributed by atoms with E-state index in [9.17, 15) is 0 Å². The van der Waals surface area contributed by atoms with Gasteiger partial charge in [0.25, 0.3) is 0 Å². The van der Waals surface area contributed by atoms with Gasteiger partial charge in [-0.05, 0) is 34.1 Å². The average Bonchev–Trinajstić information content (AvgIpc) is 3.03. The minimum absolute atomic E-state index is 0.00805. The maximum absolute atomic E-state index is 6.43. The Morgan fingerprint density at radius 2 is 2.08 bits per heavy atom. The Hall–Kier alpha value is -0.963. The molecule has 2 atom stereocenters. The first kappa shape index (κ1) is 17.8. The van der Waals surface area contributed by atoms with Crippen molar-refractivity contribution in [2.24, 2.45) is 0 Å². The molecule has 2 N–H and O–H groups in total. The summed E-state index contributed by atoms with van der Waals surface area (Å²) in [7, 11) is -1.83. The molecule has 1 aliphatic heterocycles. The summed E-state index contributed by atoms with van der Waals surface area (Å²) in [5.41, 5.74) is 6.73. The second-order valence-corrected chi connectivity index (χ2v) is 13.3. The molecular formula is C16H24BrN4O2Si. The van der Waals surface area contributed by atoms with Gasteiger partial charge in [0.2, 0.25) is 0 Å². The molecule has 1 fully saturated rings. The van der Waals surface area contributed by atoms with Crippen LogP contribution in [0, 0.1) is 6.61 Å². The van der Waals surface area contributed by atoms with Gasteiger partial charge >= 0.3 is 0 Å². The highest BCUT2D eigenvalue weighted by Crippen LogP contribution is 2.41. The zero-order chi connectivity index (χ0) is 17.7. The molecule has 1 radical (unpaired) electrons. The molecule has 2 aromatic rings. The standard InChI is InChI=1S/C16H24BrN4O2Si/c1-16(2,3)24(4,5)23-10-6-12(22-8-10)21-7-11(17)13-14(18)19-9-20-15(13)21/h7-10,12H,6H2,1-5H3,(H2,18,19,20)/t10-,12+/m0/s1. The van der Waals surface area contributed by atoms with Crippen molar-refractivity contribution in [3.05, 3.63) is 23.6 Å². The number of rotatable bonds is 3. The molecule has 3 heterocycles. The molecule has 0 spiro atoms. The van der Waals surface area contributed by atoms with Crippen LogP contribution in [0.2, 0.25) is 18.1 Å². The Labute approximate surface area is 152 Å². The summed E-state index contributed by atoms with van der Waals surface area (Å²) in [5, 5.41) is 0.985. The van der Waals surface area contributed by atoms with Crippen molar-refractivity contribution in [1.82, 2.24) is 14.5 Å². The predicted octanol–water partition coefficient (Wildman–Crippen LogP) is 4.25. The van der Waals surface area contributed by atoms with Gasteiger partial charge in [-0.3, -0.25) is 0 Å². The summed E-state index contributed by atoms with van der Waals surface area (Å²) in [6, 6.07) is 0. The number of fused-ring (bicyclic) bond motifs is 1. The van der Waals surface area contributed by atoms with Crippen LogP contribution in [-0.4, -0.2) is 29.0 Å². The van der Waals surface area contributed by atoms with E-state index in [0.29, 0.717) is 5.82 Å². The Bertz CT molecular complexity index is 756. The average molecular weight is 412 g/mol. The van der Waals surface area contributed by atoms with Gasteiger partial charge in [-0.15, -0.1) is 0 Å². The summed E-state index contributed by atoms with van der Waals surface area (Å²) in [5.74, 6) is 0.460. The highest BCUT2D eigenvalue weighted by atomic mass is 79.9. The van der Waals surface area contributed by atoms with Crippen molar-refractivity contribution >= 4 is 41.1 Å². The van der Waals surface area contributed by atoms with Gasteiger partial charge in [0.1, 0.15) is 30.6 Å². The molecule has 0 amide bonds. The van der Waals surface area contributed by atoms with E-state index >= 15 is 0 Å². The molecule has 24 heavy (non-hydrogen) atoms. The zero-order valence-corrected chi connectivity index (χ0v) is 17.3. The van der Waals surface area contributed by atoms with Gasteiger partial charge < -0.3 is 19.5 Å². The van der Waals surface area contributed by atoms with E-state index in [4.69, 9.17) is 14.9 Å². The number of aromatic nitrogens is 3. The molecular weight excluding hydrogens is 388 g/mol. The molecule has 8 heteroatoms. The first-order chi connectivity index (χ1) is 11.1. The second-order valence-electron chi connectivity index (χ2n) is 7.72. The van der Waals surface area contributed by atoms with Crippen LogP contribution < -0.4 is 5.73 Å². The van der Waals surface area contributed by atoms with Crippen LogP contribution in [0.25, 0.3) is 11.0 Å². The first-order valence-electron chi connectivity index (χ1n) is 8.03. The fourth-order valence-corrected chi connectivity index (χ4v) is 4.44. The van der Waals surface area contributed by atoms with Crippen LogP contribution in [0.3, 0.4) is 0 Å². The van der Waals surface area contributed by atoms with Crippen molar-refractivity contribution in [3.63, 3.8) is 0 Å². The number of nitrogens with zero attached hydrogens (tertiary/aromatic N) is 3. The van der Waals surface area contributed by atoms with Crippen molar-refractivity contribution in [2.45, 2.75) is 57.7 Å². The van der Waals surface area contributed by atoms with Crippen molar-refractivity contribution in [3.8, 4) is 0 Å². The molecule has 6 nitrogen and oxygen atoms in total. The zero-order valence-electron chi connectivity index (χ0n) is 14.7. The number of ether oxygens (including phenoxy) is 1. The highest BCUT2D eigenvalue weighted by molar-refractivity contribution is 9.10. The van der Waals surface area contributed by atoms with Crippen LogP contribution in [0.15, 0.2) is 17.0 Å². The summed E-state index contributed by atoms with van der Waals surface area (Å²) in [6.45, 7) is 13.0. The summed E-state index contributed by atoms with van der Waals surface area (Å²) in [4.78, 5) is 8.42. The number of hydrogen-bond acceptors (Lipinski definition) is 5. The number of nitrogen functional groups attached to an aromatic ring is 1. The van der Waals surface area contributed by atoms with Crippen LogP contribution in [0.4, 0.5) is 5.82 Å². The van der Waals surface area contributed by atoms with E-state index in [0.717, 1.165) is 21.9 Å². The molecule has 1 saturated heterocycles. The lowest BCUT2D eigenvalue weighted by atomic mass is 10.2. The maximum Gasteiger partial charge on any atom is 0.192 e. The second kappa shape index (κ2) is 6.08. The molecule has 0 aromatic carbocycles. The number of nitrogens with two attached hydrogens (primary N) is 1. The van der Waals surface area contributed by atoms with Gasteiger partial charge in [-0.2, -0.15) is 0 Å². The number of anilines is 1. The lowest BCUT2D eigenvalue weighted by Gasteiger charge is -2.38. The van der Waals surface area contributed by atoms with E-state index in [1.165, 1.54) is 6.33 Å². The molecule has 0 bridgehead atoms. The van der Waals surface area contributed by atoms with Gasteiger partial charge in [0.15, 0.2) is 8.32 Å². The lowest BCUT2D eigenvalue weighted by Crippen LogP contribution is -2.43. The van der Waals surface area contributed by atoms with Gasteiger partial charge in [-0.1, -0.05) is 20.8 Å². The Morgan fingerprint density at radius 3 is 2.75 bits per heavy atom. The fourth-order valence-electron chi connectivity index (χ4n) is 2.58. The van der Waals surface area contributed by atoms with Crippen LogP contribution in [0.5, 0.6) is 0 Å². The van der Waals surface area contributed by atoms with E-state index < -0.39 is 8.32 Å². The van der Waals surface area contributed by atoms with Crippen LogP contribution in [-0.2, 0) is 9.16 Å². The van der Waals surface area contributed by atoms with Gasteiger partial charge in [0.05, 0.1) is 11.5 Å². The third-order valence-electron chi connectivity index (χ3n) is 4.98. The largest absolute Gasteiger partial charge is 0.411 e. The minimum Gasteiger partial charge on any atom is -0.411 e. The Morgan fingerprint density at radius 1 is 1.38 bits per heavy atom. The Balaban J connectivity index is 1.81. The van der Waals surface area contributed by atoms with E-state index in [1.807, 2.05) is 17.4 Å². The monoisotopic (exact) mass is 411 g/mol. The van der Waals surface area contributed by atoms with Crippen molar-refractivity contribution in [1.29, 1.82) is 0 Å². The first-order valence-corrected chi connectivity index (χ1v) is 11.7. The van der Waals surface area contributed by atoms with Crippen LogP contribution >= 0.6 is 15.9 Å². The molecule has 0 aliphatic carbocycles. The smallest absolute Gasteiger partial charge is 0.192 e. The molecule has 0 saturated carbocycles. The quantitative estimate of drug-likeness (QED) is 0.763. The van der Waals surface area contributed by atoms with Crippen LogP contribution in [0.1, 0.15) is 33.4 Å². The van der Waals surface area contributed by atoms with E-state index in [2.05, 4.69) is 59.8 Å². The third kappa shape index (κ3) is 3.12. The lowest BCUT2D eigenvalue weighted by molar-refractivity contribution is 0.0941. The van der Waals surface area contributed by atoms with Crippen molar-refractivity contribution in [2.75, 3.05) is 5.73 Å². The summed E-state index contributed by atoms with van der Waals surface area (Å²) in [6.07, 6.45) is 4.02. The van der Waals surface area contributed by atoms with E-state index in [-0.39, 0.29) is 17.4 Å². The van der Waals surface area contributed by atoms with Gasteiger partial charge in [-0.25, -0.2) is 9.97 Å². The molecule has 1 aliphatic rings. The number of halogens is 1. The number of hydrogen-bond donors (Lipinski definition) is 1. The topological polar surface area (TPSA) is 75.2 Å². The third-order valence-corrected chi connectivity index (χ3v) is 10.1. The summed E-state index contributed by atoms with van der Waals surface area (Å²) >= 11 is 3.53. The fraction of sp³-hybridized carbons (Fsp3) is 0.562. The Kier molecular flexibility index (Phi) is 4.52.